The van der Waals surface area contributed by atoms with Crippen molar-refractivity contribution in [1.82, 2.24) is 15.2 Å². The molecule has 8 heteroatoms. The van der Waals surface area contributed by atoms with E-state index in [1.165, 1.54) is 17.7 Å². The quantitative estimate of drug-likeness (QED) is 0.721. The number of carbonyl (C=O) groups excluding carboxylic acids is 2. The molecule has 0 bridgehead atoms. The Morgan fingerprint density at radius 1 is 1.36 bits per heavy atom. The van der Waals surface area contributed by atoms with Crippen molar-refractivity contribution in [1.29, 1.82) is 0 Å². The Labute approximate surface area is 129 Å². The molecule has 2 N–H and O–H groups in total. The number of nitrogens with zero attached hydrogens (tertiary/aromatic N) is 2. The number of rotatable bonds is 4. The van der Waals surface area contributed by atoms with Gasteiger partial charge in [-0.1, -0.05) is 18.2 Å². The number of nitrogens with one attached hydrogen (secondary N) is 2. The lowest BCUT2D eigenvalue weighted by atomic mass is 10.1. The average molecular weight is 316 g/mol. The molecular weight excluding hydrogens is 304 g/mol. The van der Waals surface area contributed by atoms with Gasteiger partial charge in [-0.3, -0.25) is 9.89 Å². The lowest BCUT2D eigenvalue weighted by Crippen LogP contribution is -2.15. The van der Waals surface area contributed by atoms with Crippen LogP contribution in [0.1, 0.15) is 27.9 Å². The topological polar surface area (TPSA) is 97.0 Å². The maximum atomic E-state index is 12.2. The third-order valence-corrected chi connectivity index (χ3v) is 4.02. The number of aromatic amines is 1. The Morgan fingerprint density at radius 3 is 2.91 bits per heavy atom. The molecule has 22 heavy (non-hydrogen) atoms. The highest BCUT2D eigenvalue weighted by atomic mass is 32.1. The minimum Gasteiger partial charge on any atom is -0.462 e. The first-order valence-electron chi connectivity index (χ1n) is 6.56. The number of benzene rings is 1. The van der Waals surface area contributed by atoms with Crippen LogP contribution >= 0.6 is 11.3 Å². The Kier molecular flexibility index (Phi) is 3.84. The Balaban J connectivity index is 2.02. The molecule has 0 aliphatic heterocycles. The molecule has 1 amide bonds. The number of amides is 1. The summed E-state index contributed by atoms with van der Waals surface area (Å²) in [5.74, 6) is -0.852. The summed E-state index contributed by atoms with van der Waals surface area (Å²) in [6.45, 7) is 2.00. The molecule has 2 aromatic heterocycles. The van der Waals surface area contributed by atoms with E-state index in [1.54, 1.807) is 6.92 Å². The van der Waals surface area contributed by atoms with E-state index in [1.807, 2.05) is 24.3 Å². The monoisotopic (exact) mass is 316 g/mol. The second-order valence-electron chi connectivity index (χ2n) is 4.31. The van der Waals surface area contributed by atoms with Gasteiger partial charge < -0.3 is 10.1 Å². The minimum atomic E-state index is -0.465. The van der Waals surface area contributed by atoms with E-state index in [4.69, 9.17) is 4.74 Å². The van der Waals surface area contributed by atoms with Gasteiger partial charge in [0.15, 0.2) is 0 Å². The zero-order valence-electron chi connectivity index (χ0n) is 11.6. The zero-order valence-corrected chi connectivity index (χ0v) is 12.4. The summed E-state index contributed by atoms with van der Waals surface area (Å²) < 4.78 is 5.98. The molecule has 1 aromatic carbocycles. The highest BCUT2D eigenvalue weighted by Gasteiger charge is 2.22. The summed E-state index contributed by atoms with van der Waals surface area (Å²) in [5, 5.41) is 9.98. The maximum Gasteiger partial charge on any atom is 0.341 e. The molecule has 0 saturated heterocycles. The van der Waals surface area contributed by atoms with Crippen LogP contribution in [0.15, 0.2) is 30.6 Å². The number of hydrogen-bond donors (Lipinski definition) is 2. The van der Waals surface area contributed by atoms with Crippen molar-refractivity contribution in [2.24, 2.45) is 0 Å². The Morgan fingerprint density at radius 2 is 2.18 bits per heavy atom. The number of hydrogen-bond acceptors (Lipinski definition) is 6. The van der Waals surface area contributed by atoms with Gasteiger partial charge >= 0.3 is 5.97 Å². The first-order chi connectivity index (χ1) is 10.7. The lowest BCUT2D eigenvalue weighted by Gasteiger charge is -2.05. The van der Waals surface area contributed by atoms with Crippen LogP contribution in [-0.4, -0.2) is 33.7 Å². The standard InChI is InChI=1S/C14H12N4O3S/c1-2-21-14(20)10-8-5-3-4-6-9(8)22-13(10)17-12(19)11-15-7-16-18-11/h3-7H,2H2,1H3,(H,17,19)(H,15,16,18). The molecular formula is C14H12N4O3S. The van der Waals surface area contributed by atoms with Crippen molar-refractivity contribution in [3.8, 4) is 0 Å². The molecule has 112 valence electrons. The molecule has 0 radical (unpaired) electrons. The summed E-state index contributed by atoms with van der Waals surface area (Å²) in [6, 6.07) is 7.41. The average Bonchev–Trinajstić information content (AvgIpc) is 3.14. The van der Waals surface area contributed by atoms with Gasteiger partial charge in [0.1, 0.15) is 16.9 Å². The highest BCUT2D eigenvalue weighted by molar-refractivity contribution is 7.23. The highest BCUT2D eigenvalue weighted by Crippen LogP contribution is 2.36. The van der Waals surface area contributed by atoms with Crippen molar-refractivity contribution in [2.45, 2.75) is 6.92 Å². The molecule has 7 nitrogen and oxygen atoms in total. The molecule has 0 aliphatic rings. The van der Waals surface area contributed by atoms with Gasteiger partial charge in [0.2, 0.25) is 5.82 Å². The minimum absolute atomic E-state index is 0.0762. The van der Waals surface area contributed by atoms with Gasteiger partial charge in [-0.15, -0.1) is 11.3 Å². The van der Waals surface area contributed by atoms with E-state index >= 15 is 0 Å². The van der Waals surface area contributed by atoms with E-state index in [-0.39, 0.29) is 12.4 Å². The van der Waals surface area contributed by atoms with Gasteiger partial charge in [-0.25, -0.2) is 9.78 Å². The van der Waals surface area contributed by atoms with Crippen LogP contribution < -0.4 is 5.32 Å². The number of carbonyl (C=O) groups is 2. The number of anilines is 1. The molecule has 3 rings (SSSR count). The van der Waals surface area contributed by atoms with Crippen molar-refractivity contribution in [3.05, 3.63) is 42.0 Å². The number of H-pyrrole nitrogens is 1. The fourth-order valence-electron chi connectivity index (χ4n) is 2.02. The van der Waals surface area contributed by atoms with Crippen molar-refractivity contribution >= 4 is 38.3 Å². The largest absolute Gasteiger partial charge is 0.462 e. The Hall–Kier alpha value is -2.74. The van der Waals surface area contributed by atoms with Crippen LogP contribution in [0.2, 0.25) is 0 Å². The smallest absolute Gasteiger partial charge is 0.341 e. The number of ether oxygens (including phenoxy) is 1. The van der Waals surface area contributed by atoms with Gasteiger partial charge in [0, 0.05) is 10.1 Å². The summed E-state index contributed by atoms with van der Waals surface area (Å²) in [7, 11) is 0. The van der Waals surface area contributed by atoms with E-state index in [0.29, 0.717) is 10.6 Å². The molecule has 0 atom stereocenters. The molecule has 3 aromatic rings. The maximum absolute atomic E-state index is 12.2. The van der Waals surface area contributed by atoms with Crippen LogP contribution in [0.25, 0.3) is 10.1 Å². The summed E-state index contributed by atoms with van der Waals surface area (Å²) in [6.07, 6.45) is 1.24. The molecule has 2 heterocycles. The summed E-state index contributed by atoms with van der Waals surface area (Å²) in [5.41, 5.74) is 0.357. The van der Waals surface area contributed by atoms with Crippen LogP contribution in [0, 0.1) is 0 Å². The predicted molar refractivity (Wildman–Crippen MR) is 82.1 cm³/mol. The van der Waals surface area contributed by atoms with Crippen LogP contribution in [0.3, 0.4) is 0 Å². The SMILES string of the molecule is CCOC(=O)c1c(NC(=O)c2ncn[nH]2)sc2ccccc12. The zero-order chi connectivity index (χ0) is 15.5. The van der Waals surface area contributed by atoms with Gasteiger partial charge in [-0.05, 0) is 13.0 Å². The second kappa shape index (κ2) is 5.94. The molecule has 0 unspecified atom stereocenters. The van der Waals surface area contributed by atoms with Crippen molar-refractivity contribution in [2.75, 3.05) is 11.9 Å². The molecule has 0 fully saturated rings. The van der Waals surface area contributed by atoms with E-state index in [2.05, 4.69) is 20.5 Å². The van der Waals surface area contributed by atoms with Crippen LogP contribution in [0.4, 0.5) is 5.00 Å². The molecule has 0 aliphatic carbocycles. The van der Waals surface area contributed by atoms with Crippen molar-refractivity contribution < 1.29 is 14.3 Å². The Bertz CT molecular complexity index is 826. The van der Waals surface area contributed by atoms with E-state index in [0.717, 1.165) is 10.1 Å². The third-order valence-electron chi connectivity index (χ3n) is 2.93. The van der Waals surface area contributed by atoms with E-state index in [9.17, 15) is 9.59 Å². The summed E-state index contributed by atoms with van der Waals surface area (Å²) in [4.78, 5) is 28.1. The summed E-state index contributed by atoms with van der Waals surface area (Å²) >= 11 is 1.31. The fourth-order valence-corrected chi connectivity index (χ4v) is 3.10. The van der Waals surface area contributed by atoms with Gasteiger partial charge in [-0.2, -0.15) is 5.10 Å². The fraction of sp³-hybridized carbons (Fsp3) is 0.143. The first-order valence-corrected chi connectivity index (χ1v) is 7.37. The van der Waals surface area contributed by atoms with Crippen molar-refractivity contribution in [3.63, 3.8) is 0 Å². The van der Waals surface area contributed by atoms with Gasteiger partial charge in [0.05, 0.1) is 6.61 Å². The number of thiophene rings is 1. The number of fused-ring (bicyclic) bond motifs is 1. The van der Waals surface area contributed by atoms with Crippen LogP contribution in [-0.2, 0) is 4.74 Å². The third kappa shape index (κ3) is 2.56. The number of aromatic nitrogens is 3. The lowest BCUT2D eigenvalue weighted by molar-refractivity contribution is 0.0530. The first kappa shape index (κ1) is 14.2. The number of esters is 1. The van der Waals surface area contributed by atoms with E-state index < -0.39 is 11.9 Å². The van der Waals surface area contributed by atoms with Crippen LogP contribution in [0.5, 0.6) is 0 Å². The second-order valence-corrected chi connectivity index (χ2v) is 5.36. The molecule has 0 spiro atoms. The molecule has 0 saturated carbocycles. The van der Waals surface area contributed by atoms with Gasteiger partial charge in [0.25, 0.3) is 5.91 Å². The normalized spacial score (nSPS) is 10.6. The predicted octanol–water partition coefficient (Wildman–Crippen LogP) is 2.45.